The van der Waals surface area contributed by atoms with Crippen molar-refractivity contribution >= 4 is 5.69 Å². The minimum Gasteiger partial charge on any atom is -0.385 e. The molecule has 3 nitrogen and oxygen atoms in total. The molecule has 1 aliphatic heterocycles. The Morgan fingerprint density at radius 1 is 1.56 bits per heavy atom. The Morgan fingerprint density at radius 3 is 3.12 bits per heavy atom. The van der Waals surface area contributed by atoms with Crippen LogP contribution in [0, 0.1) is 5.92 Å². The number of pyridine rings is 1. The average Bonchev–Trinajstić information content (AvgIpc) is 2.79. The van der Waals surface area contributed by atoms with E-state index < -0.39 is 0 Å². The lowest BCUT2D eigenvalue weighted by Gasteiger charge is -2.12. The minimum atomic E-state index is 0.495. The number of hydrogen-bond acceptors (Lipinski definition) is 3. The Balaban J connectivity index is 1.90. The van der Waals surface area contributed by atoms with E-state index in [2.05, 4.69) is 35.5 Å². The predicted molar refractivity (Wildman–Crippen MR) is 67.8 cm³/mol. The summed E-state index contributed by atoms with van der Waals surface area (Å²) in [5.41, 5.74) is 2.36. The molecule has 1 saturated heterocycles. The van der Waals surface area contributed by atoms with Gasteiger partial charge < -0.3 is 10.6 Å². The second-order valence-electron chi connectivity index (χ2n) is 4.86. The van der Waals surface area contributed by atoms with Crippen LogP contribution in [-0.4, -0.2) is 24.6 Å². The van der Waals surface area contributed by atoms with Crippen molar-refractivity contribution in [3.05, 3.63) is 24.0 Å². The molecule has 0 amide bonds. The summed E-state index contributed by atoms with van der Waals surface area (Å²) in [6, 6.07) is 4.21. The molecule has 1 unspecified atom stereocenters. The third-order valence-corrected chi connectivity index (χ3v) is 3.13. The fourth-order valence-electron chi connectivity index (χ4n) is 2.02. The van der Waals surface area contributed by atoms with Crippen molar-refractivity contribution in [1.29, 1.82) is 0 Å². The van der Waals surface area contributed by atoms with Crippen LogP contribution >= 0.6 is 0 Å². The lowest BCUT2D eigenvalue weighted by Crippen LogP contribution is -2.17. The van der Waals surface area contributed by atoms with Gasteiger partial charge >= 0.3 is 0 Å². The lowest BCUT2D eigenvalue weighted by atomic mass is 10.1. The minimum absolute atomic E-state index is 0.495. The van der Waals surface area contributed by atoms with E-state index in [1.807, 2.05) is 12.3 Å². The van der Waals surface area contributed by atoms with Crippen molar-refractivity contribution in [2.24, 2.45) is 5.92 Å². The van der Waals surface area contributed by atoms with E-state index in [-0.39, 0.29) is 0 Å². The Hall–Kier alpha value is -1.09. The molecule has 1 aromatic rings. The summed E-state index contributed by atoms with van der Waals surface area (Å²) in [6.45, 7) is 7.73. The third-order valence-electron chi connectivity index (χ3n) is 3.13. The molecule has 2 heterocycles. The molecule has 16 heavy (non-hydrogen) atoms. The highest BCUT2D eigenvalue weighted by molar-refractivity contribution is 5.43. The second-order valence-corrected chi connectivity index (χ2v) is 4.86. The molecule has 0 spiro atoms. The first-order chi connectivity index (χ1) is 7.75. The van der Waals surface area contributed by atoms with Crippen molar-refractivity contribution in [1.82, 2.24) is 10.3 Å². The van der Waals surface area contributed by atoms with Crippen LogP contribution < -0.4 is 10.6 Å². The highest BCUT2D eigenvalue weighted by Gasteiger charge is 2.13. The molecule has 0 radical (unpaired) electrons. The fourth-order valence-corrected chi connectivity index (χ4v) is 2.02. The number of nitrogens with one attached hydrogen (secondary N) is 2. The molecule has 1 aromatic heterocycles. The zero-order valence-corrected chi connectivity index (χ0v) is 10.2. The summed E-state index contributed by atoms with van der Waals surface area (Å²) in [4.78, 5) is 4.37. The molecule has 1 fully saturated rings. The van der Waals surface area contributed by atoms with Gasteiger partial charge in [-0.2, -0.15) is 0 Å². The summed E-state index contributed by atoms with van der Waals surface area (Å²) in [6.07, 6.45) is 3.18. The van der Waals surface area contributed by atoms with Gasteiger partial charge in [-0.25, -0.2) is 0 Å². The van der Waals surface area contributed by atoms with Gasteiger partial charge in [-0.05, 0) is 43.5 Å². The Kier molecular flexibility index (Phi) is 3.78. The van der Waals surface area contributed by atoms with E-state index in [0.29, 0.717) is 5.92 Å². The van der Waals surface area contributed by atoms with Crippen LogP contribution in [-0.2, 0) is 0 Å². The molecule has 2 N–H and O–H groups in total. The summed E-state index contributed by atoms with van der Waals surface area (Å²) in [5.74, 6) is 1.27. The SMILES string of the molecule is CC(C)c1cc(NCC2CCNC2)ccn1. The average molecular weight is 219 g/mol. The quantitative estimate of drug-likeness (QED) is 0.815. The van der Waals surface area contributed by atoms with Crippen molar-refractivity contribution in [2.45, 2.75) is 26.2 Å². The maximum absolute atomic E-state index is 4.37. The van der Waals surface area contributed by atoms with Gasteiger partial charge in [-0.15, -0.1) is 0 Å². The molecule has 2 rings (SSSR count). The summed E-state index contributed by atoms with van der Waals surface area (Å²) >= 11 is 0. The standard InChI is InChI=1S/C13H21N3/c1-10(2)13-7-12(4-6-15-13)16-9-11-3-5-14-8-11/h4,6-7,10-11,14H,3,5,8-9H2,1-2H3,(H,15,16). The van der Waals surface area contributed by atoms with E-state index in [9.17, 15) is 0 Å². The van der Waals surface area contributed by atoms with Gasteiger partial charge in [0.25, 0.3) is 0 Å². The van der Waals surface area contributed by atoms with E-state index in [0.717, 1.165) is 24.7 Å². The van der Waals surface area contributed by atoms with Crippen molar-refractivity contribution in [3.8, 4) is 0 Å². The fraction of sp³-hybridized carbons (Fsp3) is 0.615. The maximum Gasteiger partial charge on any atom is 0.0449 e. The van der Waals surface area contributed by atoms with Gasteiger partial charge in [0.05, 0.1) is 0 Å². The first-order valence-electron chi connectivity index (χ1n) is 6.16. The first kappa shape index (κ1) is 11.4. The summed E-state index contributed by atoms with van der Waals surface area (Å²) in [5, 5.41) is 6.89. The smallest absolute Gasteiger partial charge is 0.0449 e. The number of rotatable bonds is 4. The van der Waals surface area contributed by atoms with Gasteiger partial charge in [-0.3, -0.25) is 4.98 Å². The normalized spacial score (nSPS) is 20.3. The van der Waals surface area contributed by atoms with Gasteiger partial charge in [0.2, 0.25) is 0 Å². The molecular weight excluding hydrogens is 198 g/mol. The topological polar surface area (TPSA) is 37.0 Å². The van der Waals surface area contributed by atoms with Crippen LogP contribution in [0.4, 0.5) is 5.69 Å². The molecule has 0 bridgehead atoms. The number of aromatic nitrogens is 1. The highest BCUT2D eigenvalue weighted by Crippen LogP contribution is 2.16. The Labute approximate surface area is 97.7 Å². The first-order valence-corrected chi connectivity index (χ1v) is 6.16. The van der Waals surface area contributed by atoms with Crippen LogP contribution in [0.2, 0.25) is 0 Å². The molecule has 0 saturated carbocycles. The van der Waals surface area contributed by atoms with E-state index in [4.69, 9.17) is 0 Å². The highest BCUT2D eigenvalue weighted by atomic mass is 14.9. The predicted octanol–water partition coefficient (Wildman–Crippen LogP) is 2.23. The second kappa shape index (κ2) is 5.30. The van der Waals surface area contributed by atoms with Crippen LogP contribution in [0.15, 0.2) is 18.3 Å². The third kappa shape index (κ3) is 2.95. The van der Waals surface area contributed by atoms with Gasteiger partial charge in [0.15, 0.2) is 0 Å². The summed E-state index contributed by atoms with van der Waals surface area (Å²) in [7, 11) is 0. The van der Waals surface area contributed by atoms with Crippen molar-refractivity contribution in [3.63, 3.8) is 0 Å². The number of nitrogens with zero attached hydrogens (tertiary/aromatic N) is 1. The van der Waals surface area contributed by atoms with Crippen molar-refractivity contribution < 1.29 is 0 Å². The molecule has 3 heteroatoms. The monoisotopic (exact) mass is 219 g/mol. The number of anilines is 1. The van der Waals surface area contributed by atoms with Crippen LogP contribution in [0.1, 0.15) is 31.9 Å². The van der Waals surface area contributed by atoms with Gasteiger partial charge in [0, 0.05) is 24.1 Å². The Morgan fingerprint density at radius 2 is 2.44 bits per heavy atom. The molecular formula is C13H21N3. The summed E-state index contributed by atoms with van der Waals surface area (Å²) < 4.78 is 0. The van der Waals surface area contributed by atoms with Crippen LogP contribution in [0.3, 0.4) is 0 Å². The van der Waals surface area contributed by atoms with E-state index in [1.54, 1.807) is 0 Å². The molecule has 88 valence electrons. The van der Waals surface area contributed by atoms with Crippen molar-refractivity contribution in [2.75, 3.05) is 25.0 Å². The van der Waals surface area contributed by atoms with Gasteiger partial charge in [-0.1, -0.05) is 13.8 Å². The Bertz CT molecular complexity index is 330. The van der Waals surface area contributed by atoms with E-state index >= 15 is 0 Å². The lowest BCUT2D eigenvalue weighted by molar-refractivity contribution is 0.615. The molecule has 1 aliphatic rings. The molecule has 1 atom stereocenters. The molecule has 0 aromatic carbocycles. The number of hydrogen-bond donors (Lipinski definition) is 2. The van der Waals surface area contributed by atoms with Crippen LogP contribution in [0.5, 0.6) is 0 Å². The zero-order valence-electron chi connectivity index (χ0n) is 10.2. The van der Waals surface area contributed by atoms with E-state index in [1.165, 1.54) is 18.7 Å². The van der Waals surface area contributed by atoms with Crippen LogP contribution in [0.25, 0.3) is 0 Å². The zero-order chi connectivity index (χ0) is 11.4. The van der Waals surface area contributed by atoms with Gasteiger partial charge in [0.1, 0.15) is 0 Å². The maximum atomic E-state index is 4.37. The molecule has 0 aliphatic carbocycles. The largest absolute Gasteiger partial charge is 0.385 e.